The second-order valence-corrected chi connectivity index (χ2v) is 36.4. The summed E-state index contributed by atoms with van der Waals surface area (Å²) in [4.78, 5) is 46.5. The fourth-order valence-corrected chi connectivity index (χ4v) is 17.6. The number of ketones is 2. The van der Waals surface area contributed by atoms with E-state index in [9.17, 15) is 55.3 Å². The molecule has 0 fully saturated rings. The zero-order valence-electron chi connectivity index (χ0n) is 81.3. The molecule has 4 aromatic rings. The van der Waals surface area contributed by atoms with Crippen LogP contribution in [0.3, 0.4) is 0 Å². The van der Waals surface area contributed by atoms with Gasteiger partial charge in [-0.05, 0) is 125 Å². The number of hydrogen-bond donors (Lipinski definition) is 4. The predicted molar refractivity (Wildman–Crippen MR) is 527 cm³/mol. The molecule has 0 saturated carbocycles. The van der Waals surface area contributed by atoms with E-state index in [1.807, 2.05) is 0 Å². The molecule has 0 bridgehead atoms. The van der Waals surface area contributed by atoms with Crippen molar-refractivity contribution in [3.05, 3.63) is 134 Å². The molecule has 0 aliphatic carbocycles. The number of phenols is 4. The summed E-state index contributed by atoms with van der Waals surface area (Å²) in [5.41, 5.74) is 21.1. The summed E-state index contributed by atoms with van der Waals surface area (Å²) < 4.78 is 1.64. The van der Waals surface area contributed by atoms with Crippen LogP contribution in [0.15, 0.2) is 83.9 Å². The van der Waals surface area contributed by atoms with Gasteiger partial charge >= 0.3 is 20.4 Å². The number of phenolic OH excluding ortho intramolecular Hbond substituents is 2. The van der Waals surface area contributed by atoms with Crippen molar-refractivity contribution in [2.24, 2.45) is 0 Å². The Morgan fingerprint density at radius 1 is 0.283 bits per heavy atom. The van der Waals surface area contributed by atoms with Crippen molar-refractivity contribution >= 4 is 34.9 Å². The molecule has 0 atom stereocenters. The molecule has 714 valence electrons. The average Bonchev–Trinajstić information content (AvgIpc) is 1.60. The first-order chi connectivity index (χ1) is 61.6. The summed E-state index contributed by atoms with van der Waals surface area (Å²) in [5.74, 6) is 7.33. The van der Waals surface area contributed by atoms with Crippen molar-refractivity contribution in [1.82, 2.24) is 0 Å². The molecule has 0 amide bonds. The van der Waals surface area contributed by atoms with Gasteiger partial charge in [0.1, 0.15) is 0 Å². The van der Waals surface area contributed by atoms with Gasteiger partial charge in [0.15, 0.2) is 34.6 Å². The maximum absolute atomic E-state index is 12.7. The Hall–Kier alpha value is -6.78. The first-order valence-electron chi connectivity index (χ1n) is 52.3. The summed E-state index contributed by atoms with van der Waals surface area (Å²) in [6, 6.07) is 22.6. The van der Waals surface area contributed by atoms with E-state index in [0.717, 1.165) is 146 Å². The molecule has 5 rings (SSSR count). The Labute approximate surface area is 789 Å². The number of allylic oxidation sites excluding steroid dienone is 2. The van der Waals surface area contributed by atoms with Crippen molar-refractivity contribution < 1.29 is 74.9 Å². The van der Waals surface area contributed by atoms with E-state index in [4.69, 9.17) is 0 Å². The molecule has 0 saturated heterocycles. The van der Waals surface area contributed by atoms with Gasteiger partial charge in [-0.15, -0.1) is 23.7 Å². The van der Waals surface area contributed by atoms with E-state index in [2.05, 4.69) is 114 Å². The van der Waals surface area contributed by atoms with Gasteiger partial charge in [-0.25, -0.2) is 4.70 Å². The van der Waals surface area contributed by atoms with Crippen molar-refractivity contribution in [1.29, 1.82) is 0 Å². The van der Waals surface area contributed by atoms with Gasteiger partial charge in [0.2, 0.25) is 11.4 Å². The van der Waals surface area contributed by atoms with Gasteiger partial charge in [0, 0.05) is 71.9 Å². The number of rotatable bonds is 76. The van der Waals surface area contributed by atoms with Crippen LogP contribution in [0.1, 0.15) is 555 Å². The minimum Gasteiger partial charge on any atom is -0.545 e. The van der Waals surface area contributed by atoms with Gasteiger partial charge in [0.25, 0.3) is 0 Å². The molecule has 0 aromatic heterocycles. The number of carboxylic acid groups (broad SMARTS) is 2. The number of hydrogen-bond acceptors (Lipinski definition) is 10. The number of nitrogens with zero attached hydrogens (tertiary/aromatic N) is 2. The summed E-state index contributed by atoms with van der Waals surface area (Å²) in [6.45, 7) is 13.6. The molecule has 0 unspecified atom stereocenters. The van der Waals surface area contributed by atoms with Crippen molar-refractivity contribution in [3.8, 4) is 46.7 Å². The number of aryl methyl sites for hydroxylation is 2. The largest absolute Gasteiger partial charge is 2.00 e. The molecule has 4 N–H and O–H groups in total. The van der Waals surface area contributed by atoms with Crippen LogP contribution in [0.4, 0.5) is 0 Å². The Bertz CT molecular complexity index is 3650. The second-order valence-electron chi connectivity index (χ2n) is 36.4. The normalized spacial score (nSPS) is 11.7. The Morgan fingerprint density at radius 3 is 0.780 bits per heavy atom. The van der Waals surface area contributed by atoms with Crippen LogP contribution in [0.5, 0.6) is 23.0 Å². The van der Waals surface area contributed by atoms with E-state index >= 15 is 0 Å². The number of carbonyl (C=O) groups excluding carboxylic acids is 4. The summed E-state index contributed by atoms with van der Waals surface area (Å²) in [5, 5.41) is 60.1. The van der Waals surface area contributed by atoms with Crippen LogP contribution in [-0.4, -0.2) is 48.6 Å². The summed E-state index contributed by atoms with van der Waals surface area (Å²) >= 11 is 0. The zero-order chi connectivity index (χ0) is 91.3. The third kappa shape index (κ3) is 53.4. The van der Waals surface area contributed by atoms with Crippen LogP contribution in [0.25, 0.3) is 16.9 Å². The number of aromatic carboxylic acids is 2. The van der Waals surface area contributed by atoms with Crippen LogP contribution in [0, 0.1) is 23.7 Å². The minimum atomic E-state index is -1.67. The standard InChI is InChI=1S/C76H124N2.2C19H28O5.Pd/c1-5-9-13-16-19-21-23-25-27-29-31-33-35-37-39-41-43-45-47-49-51-54-61-69-63-57-59-66-71(69)75-73(65-12-8-4)74(68-56-53-18-15-11-7-3)76(78(75)77)72-67-60-58-64-70(72)62-55-52-50-48-46-44-42-40-38-36-34-32-30-28-26-24-22-20-17-14-10-6-2;2*1-2-3-4-5-6-7-8-9-10-11-15(20)14-12-13-16(21)18(22)17(14)19(23)24;/h57-60,63-64,66-67H,5-46,51-56,61-62,65,68H2,1-4H3;2*12-13,21-22H,2-11H2,1H3,(H,23,24);/q;;;+2/p-2. The first-order valence-corrected chi connectivity index (χ1v) is 52.3. The van der Waals surface area contributed by atoms with Gasteiger partial charge in [-0.2, -0.15) is 0 Å². The molecule has 0 radical (unpaired) electrons. The van der Waals surface area contributed by atoms with Crippen molar-refractivity contribution in [2.45, 2.75) is 504 Å². The molecular formula is C114H178N2O10Pd. The molecule has 1 aliphatic rings. The molecule has 127 heavy (non-hydrogen) atoms. The van der Waals surface area contributed by atoms with Crippen LogP contribution in [-0.2, 0) is 33.3 Å². The fraction of sp³-hybridized carbons (Fsp3) is 0.684. The Morgan fingerprint density at radius 2 is 0.512 bits per heavy atom. The molecule has 1 heterocycles. The quantitative estimate of drug-likeness (QED) is 0.00818. The fourth-order valence-electron chi connectivity index (χ4n) is 17.6. The van der Waals surface area contributed by atoms with Crippen molar-refractivity contribution in [2.75, 3.05) is 0 Å². The van der Waals surface area contributed by atoms with Crippen LogP contribution >= 0.6 is 0 Å². The summed E-state index contributed by atoms with van der Waals surface area (Å²) in [7, 11) is 0. The smallest absolute Gasteiger partial charge is 0.545 e. The number of unbranched alkanes of at least 4 members (excludes halogenated alkanes) is 58. The molecule has 1 aliphatic heterocycles. The zero-order valence-corrected chi connectivity index (χ0v) is 82.8. The number of benzene rings is 4. The number of carboxylic acids is 2. The third-order valence-electron chi connectivity index (χ3n) is 25.4. The van der Waals surface area contributed by atoms with E-state index in [1.165, 1.54) is 360 Å². The van der Waals surface area contributed by atoms with E-state index in [-0.39, 0.29) is 56.0 Å². The van der Waals surface area contributed by atoms with Gasteiger partial charge in [0.05, 0.1) is 23.1 Å². The number of aromatic hydroxyl groups is 4. The van der Waals surface area contributed by atoms with E-state index < -0.39 is 46.1 Å². The molecule has 0 spiro atoms. The van der Waals surface area contributed by atoms with Crippen LogP contribution in [0.2, 0.25) is 0 Å². The van der Waals surface area contributed by atoms with Crippen LogP contribution < -0.4 is 10.2 Å². The first kappa shape index (κ1) is 116. The predicted octanol–water partition coefficient (Wildman–Crippen LogP) is 32.7. The second kappa shape index (κ2) is 80.1. The maximum Gasteiger partial charge on any atom is 2.00 e. The average molecular weight is 1840 g/mol. The topological polar surface area (TPSA) is 221 Å². The Kier molecular flexibility index (Phi) is 73.4. The van der Waals surface area contributed by atoms with Gasteiger partial charge in [-0.3, -0.25) is 9.59 Å². The number of Topliss-reactive ketones (excluding diaryl/α,β-unsaturated/α-hetero) is 2. The molecule has 4 aromatic carbocycles. The third-order valence-corrected chi connectivity index (χ3v) is 25.4. The SMILES string of the molecule is CCCCCCCCCCCC(=O)c1ccc(O)c(O)c1C(=O)[O-].CCCCCCCCCCCC(=O)c1ccc(O)c(O)c1C(=O)[O-].CCCCCCCCCCCCCCCCCCCC#CCCCc1ccccc1C1=C(CCCC)C(CCCCCCCC)=C(c2ccccc2CCCC#CCCCCCCCCCCCCCCCCCCC)[N+]1=[N-].[Pd+2]. The van der Waals surface area contributed by atoms with Gasteiger partial charge < -0.3 is 45.8 Å². The number of carbonyl (C=O) groups is 4. The van der Waals surface area contributed by atoms with E-state index in [1.54, 1.807) is 4.70 Å². The molecular weight excluding hydrogens is 1660 g/mol. The Balaban J connectivity index is 0.000000895. The van der Waals surface area contributed by atoms with E-state index in [0.29, 0.717) is 12.8 Å². The maximum atomic E-state index is 12.7. The molecule has 13 heteroatoms. The summed E-state index contributed by atoms with van der Waals surface area (Å²) in [6.07, 6.45) is 88.5. The molecule has 12 nitrogen and oxygen atoms in total. The monoisotopic (exact) mass is 1840 g/mol. The minimum absolute atomic E-state index is 0. The van der Waals surface area contributed by atoms with Crippen molar-refractivity contribution in [3.63, 3.8) is 0 Å². The van der Waals surface area contributed by atoms with Gasteiger partial charge in [-0.1, -0.05) is 425 Å².